The summed E-state index contributed by atoms with van der Waals surface area (Å²) in [4.78, 5) is 6.76. The topological polar surface area (TPSA) is 28.2 Å². The number of rotatable bonds is 3. The van der Waals surface area contributed by atoms with Crippen molar-refractivity contribution >= 4 is 11.8 Å². The number of nitrogens with one attached hydrogen (secondary N) is 1. The molecule has 1 aliphatic rings. The van der Waals surface area contributed by atoms with Gasteiger partial charge in [0.1, 0.15) is 0 Å². The van der Waals surface area contributed by atoms with E-state index in [1.54, 1.807) is 0 Å². The van der Waals surface area contributed by atoms with Gasteiger partial charge in [-0.2, -0.15) is 0 Å². The molecule has 0 amide bonds. The van der Waals surface area contributed by atoms with Crippen LogP contribution in [0.1, 0.15) is 22.7 Å². The Kier molecular flexibility index (Phi) is 4.05. The SMILES string of the molecule is CN(C)C1S[C@H](c2ccccn2)N[C@H]1c1ccccc1. The van der Waals surface area contributed by atoms with Crippen LogP contribution in [0.3, 0.4) is 0 Å². The van der Waals surface area contributed by atoms with Gasteiger partial charge in [-0.1, -0.05) is 36.4 Å². The van der Waals surface area contributed by atoms with E-state index in [1.165, 1.54) is 5.56 Å². The van der Waals surface area contributed by atoms with Crippen LogP contribution in [-0.2, 0) is 0 Å². The molecule has 1 N–H and O–H groups in total. The largest absolute Gasteiger partial charge is 0.296 e. The molecule has 104 valence electrons. The zero-order valence-corrected chi connectivity index (χ0v) is 12.5. The Bertz CT molecular complexity index is 544. The van der Waals surface area contributed by atoms with Crippen LogP contribution in [0, 0.1) is 0 Å². The molecule has 0 saturated carbocycles. The minimum Gasteiger partial charge on any atom is -0.296 e. The highest BCUT2D eigenvalue weighted by Crippen LogP contribution is 2.44. The monoisotopic (exact) mass is 285 g/mol. The molecule has 4 heteroatoms. The number of benzene rings is 1. The molecule has 3 rings (SSSR count). The normalized spacial score (nSPS) is 26.1. The molecule has 3 nitrogen and oxygen atoms in total. The lowest BCUT2D eigenvalue weighted by Gasteiger charge is -2.24. The summed E-state index contributed by atoms with van der Waals surface area (Å²) < 4.78 is 0. The number of pyridine rings is 1. The fraction of sp³-hybridized carbons (Fsp3) is 0.312. The maximum atomic E-state index is 4.48. The first kappa shape index (κ1) is 13.6. The van der Waals surface area contributed by atoms with E-state index in [4.69, 9.17) is 0 Å². The molecule has 0 spiro atoms. The number of thioether (sulfide) groups is 1. The molecular formula is C16H19N3S. The summed E-state index contributed by atoms with van der Waals surface area (Å²) in [5, 5.41) is 4.36. The molecule has 1 aromatic carbocycles. The number of likely N-dealkylation sites (N-methyl/N-ethyl adjacent to an activating group) is 1. The summed E-state index contributed by atoms with van der Waals surface area (Å²) in [6, 6.07) is 17.1. The molecule has 1 fully saturated rings. The average Bonchev–Trinajstić information content (AvgIpc) is 2.94. The van der Waals surface area contributed by atoms with E-state index in [1.807, 2.05) is 30.1 Å². The van der Waals surface area contributed by atoms with Crippen LogP contribution >= 0.6 is 11.8 Å². The smallest absolute Gasteiger partial charge is 0.0984 e. The summed E-state index contributed by atoms with van der Waals surface area (Å²) in [5.74, 6) is 0. The van der Waals surface area contributed by atoms with E-state index >= 15 is 0 Å². The van der Waals surface area contributed by atoms with Crippen molar-refractivity contribution in [3.63, 3.8) is 0 Å². The molecule has 2 heterocycles. The van der Waals surface area contributed by atoms with Crippen molar-refractivity contribution in [1.82, 2.24) is 15.2 Å². The molecule has 0 aliphatic carbocycles. The Morgan fingerprint density at radius 1 is 1.05 bits per heavy atom. The van der Waals surface area contributed by atoms with Gasteiger partial charge in [-0.05, 0) is 31.8 Å². The fourth-order valence-corrected chi connectivity index (χ4v) is 3.95. The van der Waals surface area contributed by atoms with Crippen LogP contribution < -0.4 is 5.32 Å². The molecular weight excluding hydrogens is 266 g/mol. The maximum absolute atomic E-state index is 4.48. The predicted octanol–water partition coefficient (Wildman–Crippen LogP) is 3.05. The lowest BCUT2D eigenvalue weighted by molar-refractivity contribution is 0.327. The van der Waals surface area contributed by atoms with Crippen molar-refractivity contribution < 1.29 is 0 Å². The van der Waals surface area contributed by atoms with E-state index in [-0.39, 0.29) is 5.37 Å². The van der Waals surface area contributed by atoms with Crippen molar-refractivity contribution in [1.29, 1.82) is 0 Å². The van der Waals surface area contributed by atoms with Gasteiger partial charge in [0.25, 0.3) is 0 Å². The third-order valence-corrected chi connectivity index (χ3v) is 5.14. The molecule has 1 saturated heterocycles. The van der Waals surface area contributed by atoms with E-state index in [0.717, 1.165) is 5.69 Å². The van der Waals surface area contributed by atoms with E-state index in [2.05, 4.69) is 65.7 Å². The highest BCUT2D eigenvalue weighted by Gasteiger charge is 2.37. The first-order valence-electron chi connectivity index (χ1n) is 6.79. The molecule has 3 atom stereocenters. The van der Waals surface area contributed by atoms with Gasteiger partial charge in [-0.25, -0.2) is 0 Å². The second kappa shape index (κ2) is 5.95. The molecule has 1 aliphatic heterocycles. The van der Waals surface area contributed by atoms with E-state index < -0.39 is 0 Å². The quantitative estimate of drug-likeness (QED) is 0.938. The minimum atomic E-state index is 0.244. The minimum absolute atomic E-state index is 0.244. The van der Waals surface area contributed by atoms with E-state index in [0.29, 0.717) is 11.4 Å². The highest BCUT2D eigenvalue weighted by atomic mass is 32.2. The van der Waals surface area contributed by atoms with Gasteiger partial charge < -0.3 is 0 Å². The van der Waals surface area contributed by atoms with Crippen molar-refractivity contribution in [3.05, 3.63) is 66.0 Å². The summed E-state index contributed by atoms with van der Waals surface area (Å²) >= 11 is 1.93. The number of aromatic nitrogens is 1. The van der Waals surface area contributed by atoms with Gasteiger partial charge in [-0.3, -0.25) is 15.2 Å². The Hall–Kier alpha value is -1.36. The van der Waals surface area contributed by atoms with Crippen LogP contribution in [0.2, 0.25) is 0 Å². The number of hydrogen-bond acceptors (Lipinski definition) is 4. The van der Waals surface area contributed by atoms with Crippen LogP contribution in [-0.4, -0.2) is 29.4 Å². The Morgan fingerprint density at radius 2 is 1.80 bits per heavy atom. The van der Waals surface area contributed by atoms with Crippen LogP contribution in [0.4, 0.5) is 0 Å². The van der Waals surface area contributed by atoms with Crippen LogP contribution in [0.5, 0.6) is 0 Å². The molecule has 2 aromatic rings. The molecule has 20 heavy (non-hydrogen) atoms. The van der Waals surface area contributed by atoms with Crippen molar-refractivity contribution in [2.45, 2.75) is 16.8 Å². The summed E-state index contributed by atoms with van der Waals surface area (Å²) in [6.07, 6.45) is 1.86. The summed E-state index contributed by atoms with van der Waals surface area (Å²) in [7, 11) is 4.27. The highest BCUT2D eigenvalue weighted by molar-refractivity contribution is 8.00. The summed E-state index contributed by atoms with van der Waals surface area (Å²) in [6.45, 7) is 0. The van der Waals surface area contributed by atoms with Gasteiger partial charge in [0, 0.05) is 6.20 Å². The third-order valence-electron chi connectivity index (χ3n) is 3.52. The summed E-state index contributed by atoms with van der Waals surface area (Å²) in [5.41, 5.74) is 2.43. The molecule has 1 aromatic heterocycles. The van der Waals surface area contributed by atoms with Crippen molar-refractivity contribution in [2.75, 3.05) is 14.1 Å². The average molecular weight is 285 g/mol. The number of nitrogens with zero attached hydrogens (tertiary/aromatic N) is 2. The number of hydrogen-bond donors (Lipinski definition) is 1. The van der Waals surface area contributed by atoms with Gasteiger partial charge in [0.15, 0.2) is 0 Å². The molecule has 0 radical (unpaired) electrons. The molecule has 1 unspecified atom stereocenters. The van der Waals surface area contributed by atoms with Crippen LogP contribution in [0.25, 0.3) is 0 Å². The van der Waals surface area contributed by atoms with Crippen LogP contribution in [0.15, 0.2) is 54.7 Å². The van der Waals surface area contributed by atoms with Crippen molar-refractivity contribution in [3.8, 4) is 0 Å². The Labute approximate surface area is 124 Å². The predicted molar refractivity (Wildman–Crippen MR) is 84.4 cm³/mol. The lowest BCUT2D eigenvalue weighted by Crippen LogP contribution is -2.32. The third kappa shape index (κ3) is 2.73. The Morgan fingerprint density at radius 3 is 2.45 bits per heavy atom. The van der Waals surface area contributed by atoms with E-state index in [9.17, 15) is 0 Å². The van der Waals surface area contributed by atoms with Gasteiger partial charge in [0.05, 0.1) is 22.5 Å². The van der Waals surface area contributed by atoms with Gasteiger partial charge >= 0.3 is 0 Å². The zero-order valence-electron chi connectivity index (χ0n) is 11.7. The van der Waals surface area contributed by atoms with Gasteiger partial charge in [0.2, 0.25) is 0 Å². The first-order chi connectivity index (χ1) is 9.75. The first-order valence-corrected chi connectivity index (χ1v) is 7.74. The lowest BCUT2D eigenvalue weighted by atomic mass is 10.1. The molecule has 0 bridgehead atoms. The maximum Gasteiger partial charge on any atom is 0.0984 e. The second-order valence-electron chi connectivity index (χ2n) is 5.18. The fourth-order valence-electron chi connectivity index (χ4n) is 2.53. The van der Waals surface area contributed by atoms with Crippen molar-refractivity contribution in [2.24, 2.45) is 0 Å². The standard InChI is InChI=1S/C16H19N3S/c1-19(2)16-14(12-8-4-3-5-9-12)18-15(20-16)13-10-6-7-11-17-13/h3-11,14-16,18H,1-2H3/t14-,15+,16?/m0/s1. The van der Waals surface area contributed by atoms with Gasteiger partial charge in [-0.15, -0.1) is 11.8 Å². The second-order valence-corrected chi connectivity index (χ2v) is 6.41. The zero-order chi connectivity index (χ0) is 13.9. The Balaban J connectivity index is 1.87.